The molecule has 0 spiro atoms. The highest BCUT2D eigenvalue weighted by atomic mass is 35.5. The van der Waals surface area contributed by atoms with E-state index in [4.69, 9.17) is 11.6 Å². The maximum Gasteiger partial charge on any atom is 0.255 e. The smallest absolute Gasteiger partial charge is 0.255 e. The van der Waals surface area contributed by atoms with Crippen molar-refractivity contribution >= 4 is 17.5 Å². The number of carbonyl (C=O) groups is 1. The first-order valence-electron chi connectivity index (χ1n) is 9.70. The van der Waals surface area contributed by atoms with Crippen molar-refractivity contribution < 1.29 is 4.79 Å². The van der Waals surface area contributed by atoms with Crippen molar-refractivity contribution in [2.75, 3.05) is 0 Å². The minimum absolute atomic E-state index is 0.0536. The summed E-state index contributed by atoms with van der Waals surface area (Å²) in [5.41, 5.74) is 5.82. The van der Waals surface area contributed by atoms with Crippen LogP contribution in [0.3, 0.4) is 0 Å². The molecule has 2 aromatic carbocycles. The van der Waals surface area contributed by atoms with Crippen molar-refractivity contribution in [3.8, 4) is 0 Å². The standard InChI is InChI=1S/C23H24ClN3O/c1-15-22(16(2)27(26-15)14-18-9-4-6-12-20(18)24)23(28)25-21-13-7-10-17-8-3-5-11-19(17)21/h3-6,8-9,11-12,21H,7,10,13-14H2,1-2H3,(H,25,28)/t21-/m1/s1. The molecule has 0 unspecified atom stereocenters. The van der Waals surface area contributed by atoms with Gasteiger partial charge in [-0.15, -0.1) is 0 Å². The molecule has 1 heterocycles. The van der Waals surface area contributed by atoms with E-state index in [2.05, 4.69) is 28.6 Å². The van der Waals surface area contributed by atoms with E-state index in [-0.39, 0.29) is 11.9 Å². The first-order valence-corrected chi connectivity index (χ1v) is 10.1. The summed E-state index contributed by atoms with van der Waals surface area (Å²) in [6.45, 7) is 4.38. The van der Waals surface area contributed by atoms with Gasteiger partial charge in [0.25, 0.3) is 5.91 Å². The van der Waals surface area contributed by atoms with Gasteiger partial charge < -0.3 is 5.32 Å². The summed E-state index contributed by atoms with van der Waals surface area (Å²) >= 11 is 6.29. The molecule has 5 heteroatoms. The average Bonchev–Trinajstić information content (AvgIpc) is 2.97. The molecule has 1 N–H and O–H groups in total. The molecule has 28 heavy (non-hydrogen) atoms. The Morgan fingerprint density at radius 3 is 2.75 bits per heavy atom. The molecule has 1 aliphatic rings. The molecule has 144 valence electrons. The number of nitrogens with one attached hydrogen (secondary N) is 1. The fourth-order valence-electron chi connectivity index (χ4n) is 4.10. The van der Waals surface area contributed by atoms with E-state index in [1.54, 1.807) is 0 Å². The maximum absolute atomic E-state index is 13.1. The quantitative estimate of drug-likeness (QED) is 0.677. The number of carbonyl (C=O) groups excluding carboxylic acids is 1. The van der Waals surface area contributed by atoms with Crippen LogP contribution in [0.4, 0.5) is 0 Å². The van der Waals surface area contributed by atoms with E-state index in [1.165, 1.54) is 11.1 Å². The Balaban J connectivity index is 1.58. The summed E-state index contributed by atoms with van der Waals surface area (Å²) in [6, 6.07) is 16.2. The van der Waals surface area contributed by atoms with Crippen LogP contribution in [0.25, 0.3) is 0 Å². The molecule has 0 fully saturated rings. The van der Waals surface area contributed by atoms with Gasteiger partial charge in [0.05, 0.1) is 23.8 Å². The number of amides is 1. The fourth-order valence-corrected chi connectivity index (χ4v) is 4.30. The zero-order valence-corrected chi connectivity index (χ0v) is 17.0. The van der Waals surface area contributed by atoms with E-state index in [9.17, 15) is 4.79 Å². The molecule has 0 saturated heterocycles. The normalized spacial score (nSPS) is 15.9. The van der Waals surface area contributed by atoms with Gasteiger partial charge in [0.2, 0.25) is 0 Å². The molecule has 3 aromatic rings. The Morgan fingerprint density at radius 1 is 1.18 bits per heavy atom. The summed E-state index contributed by atoms with van der Waals surface area (Å²) in [6.07, 6.45) is 3.14. The van der Waals surface area contributed by atoms with Crippen LogP contribution in [0.2, 0.25) is 5.02 Å². The number of halogens is 1. The van der Waals surface area contributed by atoms with Crippen molar-refractivity contribution in [2.24, 2.45) is 0 Å². The highest BCUT2D eigenvalue weighted by Gasteiger charge is 2.25. The predicted molar refractivity (Wildman–Crippen MR) is 112 cm³/mol. The van der Waals surface area contributed by atoms with Gasteiger partial charge in [-0.25, -0.2) is 0 Å². The van der Waals surface area contributed by atoms with Gasteiger partial charge in [-0.1, -0.05) is 54.1 Å². The van der Waals surface area contributed by atoms with E-state index in [1.807, 2.05) is 48.9 Å². The molecular weight excluding hydrogens is 370 g/mol. The molecule has 1 aromatic heterocycles. The summed E-state index contributed by atoms with van der Waals surface area (Å²) in [4.78, 5) is 13.1. The number of nitrogens with zero attached hydrogens (tertiary/aromatic N) is 2. The summed E-state index contributed by atoms with van der Waals surface area (Å²) in [7, 11) is 0. The molecule has 0 bridgehead atoms. The van der Waals surface area contributed by atoms with Crippen molar-refractivity contribution in [1.82, 2.24) is 15.1 Å². The lowest BCUT2D eigenvalue weighted by Gasteiger charge is -2.26. The van der Waals surface area contributed by atoms with E-state index in [0.29, 0.717) is 17.1 Å². The minimum Gasteiger partial charge on any atom is -0.345 e. The first-order chi connectivity index (χ1) is 13.5. The second-order valence-corrected chi connectivity index (χ2v) is 7.82. The van der Waals surface area contributed by atoms with Gasteiger partial charge >= 0.3 is 0 Å². The second kappa shape index (κ2) is 7.80. The van der Waals surface area contributed by atoms with Gasteiger partial charge in [0.1, 0.15) is 0 Å². The van der Waals surface area contributed by atoms with E-state index >= 15 is 0 Å². The third-order valence-electron chi connectivity index (χ3n) is 5.56. The second-order valence-electron chi connectivity index (χ2n) is 7.41. The number of hydrogen-bond acceptors (Lipinski definition) is 2. The Bertz CT molecular complexity index is 1020. The Labute approximate surface area is 170 Å². The van der Waals surface area contributed by atoms with Gasteiger partial charge in [-0.3, -0.25) is 9.48 Å². The maximum atomic E-state index is 13.1. The molecule has 1 amide bonds. The molecule has 0 saturated carbocycles. The SMILES string of the molecule is Cc1nn(Cc2ccccc2Cl)c(C)c1C(=O)N[C@@H]1CCCc2ccccc21. The third kappa shape index (κ3) is 3.57. The van der Waals surface area contributed by atoms with Crippen LogP contribution in [0.15, 0.2) is 48.5 Å². The van der Waals surface area contributed by atoms with Crippen LogP contribution in [-0.4, -0.2) is 15.7 Å². The lowest BCUT2D eigenvalue weighted by molar-refractivity contribution is 0.0931. The third-order valence-corrected chi connectivity index (χ3v) is 5.93. The summed E-state index contributed by atoms with van der Waals surface area (Å²) in [5.74, 6) is -0.0536. The van der Waals surface area contributed by atoms with Crippen LogP contribution >= 0.6 is 11.6 Å². The minimum atomic E-state index is -0.0536. The van der Waals surface area contributed by atoms with Gasteiger partial charge in [-0.05, 0) is 55.9 Å². The average molecular weight is 394 g/mol. The Kier molecular flexibility index (Phi) is 5.23. The van der Waals surface area contributed by atoms with Crippen molar-refractivity contribution in [3.05, 3.63) is 87.2 Å². The molecule has 0 radical (unpaired) electrons. The molecule has 0 aliphatic heterocycles. The summed E-state index contributed by atoms with van der Waals surface area (Å²) < 4.78 is 1.86. The number of hydrogen-bond donors (Lipinski definition) is 1. The Morgan fingerprint density at radius 2 is 1.93 bits per heavy atom. The largest absolute Gasteiger partial charge is 0.345 e. The lowest BCUT2D eigenvalue weighted by Crippen LogP contribution is -2.31. The topological polar surface area (TPSA) is 46.9 Å². The van der Waals surface area contributed by atoms with Crippen LogP contribution in [-0.2, 0) is 13.0 Å². The van der Waals surface area contributed by atoms with Crippen LogP contribution in [0, 0.1) is 13.8 Å². The molecule has 1 aliphatic carbocycles. The van der Waals surface area contributed by atoms with Crippen LogP contribution < -0.4 is 5.32 Å². The first kappa shape index (κ1) is 18.8. The van der Waals surface area contributed by atoms with E-state index in [0.717, 1.165) is 36.2 Å². The number of aryl methyl sites for hydroxylation is 2. The predicted octanol–water partition coefficient (Wildman–Crippen LogP) is 5.01. The van der Waals surface area contributed by atoms with E-state index < -0.39 is 0 Å². The monoisotopic (exact) mass is 393 g/mol. The number of benzene rings is 2. The summed E-state index contributed by atoms with van der Waals surface area (Å²) in [5, 5.41) is 8.55. The number of fused-ring (bicyclic) bond motifs is 1. The zero-order valence-electron chi connectivity index (χ0n) is 16.2. The van der Waals surface area contributed by atoms with Gasteiger partial charge in [0, 0.05) is 10.7 Å². The molecule has 4 rings (SSSR count). The zero-order chi connectivity index (χ0) is 19.7. The van der Waals surface area contributed by atoms with Crippen molar-refractivity contribution in [3.63, 3.8) is 0 Å². The van der Waals surface area contributed by atoms with Crippen molar-refractivity contribution in [2.45, 2.75) is 45.7 Å². The lowest BCUT2D eigenvalue weighted by atomic mass is 9.87. The van der Waals surface area contributed by atoms with Gasteiger partial charge in [0.15, 0.2) is 0 Å². The number of aromatic nitrogens is 2. The number of rotatable bonds is 4. The highest BCUT2D eigenvalue weighted by molar-refractivity contribution is 6.31. The van der Waals surface area contributed by atoms with Gasteiger partial charge in [-0.2, -0.15) is 5.10 Å². The van der Waals surface area contributed by atoms with Crippen LogP contribution in [0.1, 0.15) is 57.3 Å². The van der Waals surface area contributed by atoms with Crippen molar-refractivity contribution in [1.29, 1.82) is 0 Å². The Hall–Kier alpha value is -2.59. The van der Waals surface area contributed by atoms with Crippen LogP contribution in [0.5, 0.6) is 0 Å². The molecular formula is C23H24ClN3O. The molecule has 4 nitrogen and oxygen atoms in total. The highest BCUT2D eigenvalue weighted by Crippen LogP contribution is 2.30. The molecule has 1 atom stereocenters. The fraction of sp³-hybridized carbons (Fsp3) is 0.304.